The Balaban J connectivity index is 1.25. The molecule has 7 nitrogen and oxygen atoms in total. The van der Waals surface area contributed by atoms with E-state index in [1.165, 1.54) is 11.1 Å². The van der Waals surface area contributed by atoms with Crippen molar-refractivity contribution < 1.29 is 14.2 Å². The summed E-state index contributed by atoms with van der Waals surface area (Å²) in [4.78, 5) is 2.33. The van der Waals surface area contributed by atoms with E-state index in [1.54, 1.807) is 0 Å². The van der Waals surface area contributed by atoms with Gasteiger partial charge < -0.3 is 19.1 Å². The summed E-state index contributed by atoms with van der Waals surface area (Å²) in [5.41, 5.74) is 4.62. The molecule has 2 saturated heterocycles. The number of ether oxygens (including phenoxy) is 3. The number of hydrogen-bond acceptors (Lipinski definition) is 6. The summed E-state index contributed by atoms with van der Waals surface area (Å²) in [5, 5.41) is 9.96. The van der Waals surface area contributed by atoms with Crippen LogP contribution < -0.4 is 4.90 Å². The zero-order chi connectivity index (χ0) is 22.0. The molecule has 3 aromatic rings. The number of fused-ring (bicyclic) bond motifs is 5. The van der Waals surface area contributed by atoms with Gasteiger partial charge in [0, 0.05) is 24.5 Å². The van der Waals surface area contributed by atoms with Crippen molar-refractivity contribution in [2.45, 2.75) is 43.7 Å². The summed E-state index contributed by atoms with van der Waals surface area (Å²) >= 11 is 6.38. The highest BCUT2D eigenvalue weighted by molar-refractivity contribution is 6.30. The lowest BCUT2D eigenvalue weighted by Crippen LogP contribution is -2.43. The van der Waals surface area contributed by atoms with Gasteiger partial charge >= 0.3 is 0 Å². The molecule has 7 rings (SSSR count). The molecule has 2 fully saturated rings. The van der Waals surface area contributed by atoms with Crippen LogP contribution in [-0.2, 0) is 39.3 Å². The lowest BCUT2D eigenvalue weighted by atomic mass is 9.84. The van der Waals surface area contributed by atoms with Gasteiger partial charge in [-0.1, -0.05) is 35.9 Å². The summed E-state index contributed by atoms with van der Waals surface area (Å²) < 4.78 is 20.7. The topological polar surface area (TPSA) is 61.6 Å². The number of halogens is 1. The van der Waals surface area contributed by atoms with Crippen LogP contribution in [0.3, 0.4) is 0 Å². The Morgan fingerprint density at radius 2 is 1.70 bits per heavy atom. The standard InChI is InChI=1S/C25H25ClN4O3/c26-19-5-6-21-18(13-19)14-25(31-11-12-32-25)15-22-27-28-23(30(21)22)29-9-7-24(8-10-29)20-4-2-1-3-17(20)16-33-24/h1-6,13H,7-12,14-16H2. The van der Waals surface area contributed by atoms with Gasteiger partial charge in [0.2, 0.25) is 5.95 Å². The van der Waals surface area contributed by atoms with E-state index < -0.39 is 5.79 Å². The number of rotatable bonds is 1. The van der Waals surface area contributed by atoms with Crippen molar-refractivity contribution in [1.29, 1.82) is 0 Å². The van der Waals surface area contributed by atoms with Crippen molar-refractivity contribution in [1.82, 2.24) is 14.8 Å². The summed E-state index contributed by atoms with van der Waals surface area (Å²) in [7, 11) is 0. The third-order valence-electron chi connectivity index (χ3n) is 7.56. The molecule has 0 radical (unpaired) electrons. The number of benzene rings is 2. The molecule has 0 atom stereocenters. The van der Waals surface area contributed by atoms with E-state index >= 15 is 0 Å². The molecular formula is C25H25ClN4O3. The van der Waals surface area contributed by atoms with E-state index in [-0.39, 0.29) is 5.60 Å². The van der Waals surface area contributed by atoms with E-state index in [2.05, 4.69) is 50.0 Å². The first-order valence-corrected chi connectivity index (χ1v) is 12.0. The largest absolute Gasteiger partial charge is 0.365 e. The van der Waals surface area contributed by atoms with Crippen molar-refractivity contribution in [2.75, 3.05) is 31.2 Å². The minimum absolute atomic E-state index is 0.185. The maximum absolute atomic E-state index is 6.38. The third-order valence-corrected chi connectivity index (χ3v) is 7.80. The summed E-state index contributed by atoms with van der Waals surface area (Å²) in [6.45, 7) is 3.59. The molecular weight excluding hydrogens is 440 g/mol. The maximum atomic E-state index is 6.38. The first-order valence-electron chi connectivity index (χ1n) is 11.6. The Bertz CT molecular complexity index is 1230. The van der Waals surface area contributed by atoms with Gasteiger partial charge in [-0.25, -0.2) is 0 Å². The van der Waals surface area contributed by atoms with Crippen LogP contribution in [0, 0.1) is 0 Å². The molecule has 2 spiro atoms. The molecule has 0 N–H and O–H groups in total. The van der Waals surface area contributed by atoms with Crippen LogP contribution in [0.2, 0.25) is 5.02 Å². The molecule has 4 aliphatic rings. The van der Waals surface area contributed by atoms with Crippen LogP contribution in [0.25, 0.3) is 5.69 Å². The van der Waals surface area contributed by atoms with Crippen molar-refractivity contribution in [3.05, 3.63) is 70.0 Å². The Hall–Kier alpha value is -2.45. The molecule has 0 amide bonds. The number of anilines is 1. The van der Waals surface area contributed by atoms with Gasteiger partial charge in [0.05, 0.1) is 37.5 Å². The normalized spacial score (nSPS) is 22.3. The fraction of sp³-hybridized carbons (Fsp3) is 0.440. The minimum atomic E-state index is -0.703. The molecule has 0 bridgehead atoms. The van der Waals surface area contributed by atoms with Crippen molar-refractivity contribution in [3.8, 4) is 5.69 Å². The zero-order valence-corrected chi connectivity index (χ0v) is 19.1. The molecule has 4 aliphatic heterocycles. The van der Waals surface area contributed by atoms with Gasteiger partial charge in [-0.2, -0.15) is 0 Å². The second kappa shape index (κ2) is 7.27. The Morgan fingerprint density at radius 3 is 2.55 bits per heavy atom. The number of piperidine rings is 1. The second-order valence-corrected chi connectivity index (χ2v) is 9.85. The molecule has 2 aromatic carbocycles. The second-order valence-electron chi connectivity index (χ2n) is 9.41. The van der Waals surface area contributed by atoms with Crippen LogP contribution in [0.15, 0.2) is 42.5 Å². The SMILES string of the molecule is Clc1ccc2c(c1)CC1(Cc3nnc(N4CCC5(CC4)OCc4ccccc45)n3-2)OCCO1. The number of aromatic nitrogens is 3. The maximum Gasteiger partial charge on any atom is 0.231 e. The Kier molecular flexibility index (Phi) is 4.40. The summed E-state index contributed by atoms with van der Waals surface area (Å²) in [6.07, 6.45) is 3.05. The number of hydrogen-bond donors (Lipinski definition) is 0. The van der Waals surface area contributed by atoms with Gasteiger partial charge in [-0.05, 0) is 47.7 Å². The first-order chi connectivity index (χ1) is 16.1. The Labute approximate surface area is 197 Å². The van der Waals surface area contributed by atoms with Crippen LogP contribution in [0.5, 0.6) is 0 Å². The van der Waals surface area contributed by atoms with Crippen LogP contribution in [-0.4, -0.2) is 46.9 Å². The van der Waals surface area contributed by atoms with Crippen molar-refractivity contribution in [2.24, 2.45) is 0 Å². The molecule has 0 unspecified atom stereocenters. The zero-order valence-electron chi connectivity index (χ0n) is 18.3. The van der Waals surface area contributed by atoms with E-state index in [1.807, 2.05) is 12.1 Å². The van der Waals surface area contributed by atoms with E-state index in [4.69, 9.17) is 25.8 Å². The highest BCUT2D eigenvalue weighted by Gasteiger charge is 2.45. The molecule has 5 heterocycles. The summed E-state index contributed by atoms with van der Waals surface area (Å²) in [5.74, 6) is 1.02. The first kappa shape index (κ1) is 20.0. The number of nitrogens with zero attached hydrogens (tertiary/aromatic N) is 4. The summed E-state index contributed by atoms with van der Waals surface area (Å²) in [6, 6.07) is 14.6. The van der Waals surface area contributed by atoms with Gasteiger partial charge in [0.1, 0.15) is 5.82 Å². The average molecular weight is 465 g/mol. The van der Waals surface area contributed by atoms with Crippen molar-refractivity contribution >= 4 is 17.5 Å². The van der Waals surface area contributed by atoms with E-state index in [9.17, 15) is 0 Å². The van der Waals surface area contributed by atoms with E-state index in [0.29, 0.717) is 37.7 Å². The van der Waals surface area contributed by atoms with Crippen LogP contribution in [0.1, 0.15) is 35.4 Å². The fourth-order valence-corrected chi connectivity index (χ4v) is 6.14. The van der Waals surface area contributed by atoms with Gasteiger partial charge in [0.15, 0.2) is 5.79 Å². The van der Waals surface area contributed by atoms with Gasteiger partial charge in [0.25, 0.3) is 0 Å². The highest BCUT2D eigenvalue weighted by Crippen LogP contribution is 2.45. The monoisotopic (exact) mass is 464 g/mol. The molecule has 0 saturated carbocycles. The third kappa shape index (κ3) is 3.06. The smallest absolute Gasteiger partial charge is 0.231 e. The van der Waals surface area contributed by atoms with Gasteiger partial charge in [-0.3, -0.25) is 4.57 Å². The Morgan fingerprint density at radius 1 is 0.879 bits per heavy atom. The van der Waals surface area contributed by atoms with Crippen molar-refractivity contribution in [3.63, 3.8) is 0 Å². The molecule has 33 heavy (non-hydrogen) atoms. The molecule has 1 aromatic heterocycles. The van der Waals surface area contributed by atoms with Crippen LogP contribution >= 0.6 is 11.6 Å². The molecule has 170 valence electrons. The predicted molar refractivity (Wildman–Crippen MR) is 123 cm³/mol. The van der Waals surface area contributed by atoms with Crippen LogP contribution in [0.4, 0.5) is 5.95 Å². The quantitative estimate of drug-likeness (QED) is 0.546. The molecule has 0 aliphatic carbocycles. The highest BCUT2D eigenvalue weighted by atomic mass is 35.5. The lowest BCUT2D eigenvalue weighted by molar-refractivity contribution is -0.155. The predicted octanol–water partition coefficient (Wildman–Crippen LogP) is 3.79. The van der Waals surface area contributed by atoms with Gasteiger partial charge in [-0.15, -0.1) is 10.2 Å². The van der Waals surface area contributed by atoms with E-state index in [0.717, 1.165) is 49.0 Å². The molecule has 8 heteroatoms. The average Bonchev–Trinajstić information content (AvgIpc) is 3.52. The fourth-order valence-electron chi connectivity index (χ4n) is 5.95. The minimum Gasteiger partial charge on any atom is -0.365 e. The lowest BCUT2D eigenvalue weighted by Gasteiger charge is -2.39.